The van der Waals surface area contributed by atoms with E-state index in [0.717, 1.165) is 3.79 Å². The SMILES string of the molecule is CC1(C)CC(=O)C(C(=O)c2ccc(Br)s2)C(=O)C1. The molecular formula is C13H13BrO3S. The van der Waals surface area contributed by atoms with Crippen molar-refractivity contribution in [3.05, 3.63) is 20.8 Å². The molecule has 0 spiro atoms. The van der Waals surface area contributed by atoms with Gasteiger partial charge in [0.15, 0.2) is 17.3 Å². The number of carbonyl (C=O) groups is 3. The first-order valence-corrected chi connectivity index (χ1v) is 7.26. The number of Topliss-reactive ketones (excluding diaryl/α,β-unsaturated/α-hetero) is 3. The summed E-state index contributed by atoms with van der Waals surface area (Å²) in [6.45, 7) is 3.76. The first kappa shape index (κ1) is 13.6. The van der Waals surface area contributed by atoms with Crippen molar-refractivity contribution in [1.29, 1.82) is 0 Å². The van der Waals surface area contributed by atoms with E-state index in [0.29, 0.717) is 17.7 Å². The number of hydrogen-bond acceptors (Lipinski definition) is 4. The van der Waals surface area contributed by atoms with Gasteiger partial charge in [0.2, 0.25) is 0 Å². The normalized spacial score (nSPS) is 20.2. The molecule has 96 valence electrons. The number of carbonyl (C=O) groups excluding carboxylic acids is 3. The molecule has 18 heavy (non-hydrogen) atoms. The van der Waals surface area contributed by atoms with Crippen molar-refractivity contribution in [3.8, 4) is 0 Å². The molecule has 0 aliphatic heterocycles. The molecule has 0 atom stereocenters. The highest BCUT2D eigenvalue weighted by atomic mass is 79.9. The lowest BCUT2D eigenvalue weighted by Crippen LogP contribution is -2.41. The average molecular weight is 329 g/mol. The van der Waals surface area contributed by atoms with E-state index in [4.69, 9.17) is 0 Å². The summed E-state index contributed by atoms with van der Waals surface area (Å²) in [7, 11) is 0. The fourth-order valence-corrected chi connectivity index (χ4v) is 3.63. The van der Waals surface area contributed by atoms with E-state index in [2.05, 4.69) is 15.9 Å². The first-order valence-electron chi connectivity index (χ1n) is 5.65. The van der Waals surface area contributed by atoms with Crippen LogP contribution < -0.4 is 0 Å². The molecule has 1 aliphatic rings. The number of rotatable bonds is 2. The van der Waals surface area contributed by atoms with Gasteiger partial charge in [0.25, 0.3) is 0 Å². The standard InChI is InChI=1S/C13H13BrO3S/c1-13(2)5-7(15)11(8(16)6-13)12(17)9-3-4-10(14)18-9/h3-4,11H,5-6H2,1-2H3. The largest absolute Gasteiger partial charge is 0.298 e. The molecule has 0 unspecified atom stereocenters. The van der Waals surface area contributed by atoms with Crippen molar-refractivity contribution in [2.45, 2.75) is 26.7 Å². The predicted molar refractivity (Wildman–Crippen MR) is 72.9 cm³/mol. The number of ketones is 3. The Morgan fingerprint density at radius 1 is 1.28 bits per heavy atom. The molecule has 0 saturated heterocycles. The molecule has 1 fully saturated rings. The van der Waals surface area contributed by atoms with Crippen molar-refractivity contribution in [2.75, 3.05) is 0 Å². The Morgan fingerprint density at radius 3 is 2.28 bits per heavy atom. The summed E-state index contributed by atoms with van der Waals surface area (Å²) in [6.07, 6.45) is 0.587. The van der Waals surface area contributed by atoms with Crippen molar-refractivity contribution >= 4 is 44.6 Å². The Bertz CT molecular complexity index is 510. The lowest BCUT2D eigenvalue weighted by molar-refractivity contribution is -0.137. The molecular weight excluding hydrogens is 316 g/mol. The molecule has 1 aromatic heterocycles. The summed E-state index contributed by atoms with van der Waals surface area (Å²) in [5.74, 6) is -1.92. The predicted octanol–water partition coefficient (Wildman–Crippen LogP) is 3.27. The van der Waals surface area contributed by atoms with Crippen LogP contribution in [0.15, 0.2) is 15.9 Å². The van der Waals surface area contributed by atoms with E-state index in [1.807, 2.05) is 13.8 Å². The fourth-order valence-electron chi connectivity index (χ4n) is 2.27. The van der Waals surface area contributed by atoms with Crippen LogP contribution in [0.25, 0.3) is 0 Å². The molecule has 0 amide bonds. The lowest BCUT2D eigenvalue weighted by atomic mass is 9.70. The monoisotopic (exact) mass is 328 g/mol. The van der Waals surface area contributed by atoms with Crippen LogP contribution in [-0.4, -0.2) is 17.3 Å². The van der Waals surface area contributed by atoms with Gasteiger partial charge >= 0.3 is 0 Å². The molecule has 3 nitrogen and oxygen atoms in total. The van der Waals surface area contributed by atoms with Crippen molar-refractivity contribution < 1.29 is 14.4 Å². The van der Waals surface area contributed by atoms with Gasteiger partial charge in [0, 0.05) is 12.8 Å². The lowest BCUT2D eigenvalue weighted by Gasteiger charge is -2.31. The second-order valence-electron chi connectivity index (χ2n) is 5.35. The zero-order valence-electron chi connectivity index (χ0n) is 10.2. The van der Waals surface area contributed by atoms with Gasteiger partial charge in [-0.15, -0.1) is 11.3 Å². The maximum atomic E-state index is 12.2. The minimum atomic E-state index is -1.08. The second-order valence-corrected chi connectivity index (χ2v) is 7.81. The molecule has 1 aromatic rings. The zero-order chi connectivity index (χ0) is 13.5. The summed E-state index contributed by atoms with van der Waals surface area (Å²) in [6, 6.07) is 3.40. The van der Waals surface area contributed by atoms with E-state index in [9.17, 15) is 14.4 Å². The van der Waals surface area contributed by atoms with Crippen LogP contribution >= 0.6 is 27.3 Å². The van der Waals surface area contributed by atoms with Crippen molar-refractivity contribution in [3.63, 3.8) is 0 Å². The Balaban J connectivity index is 2.26. The zero-order valence-corrected chi connectivity index (χ0v) is 12.6. The van der Waals surface area contributed by atoms with Crippen molar-refractivity contribution in [2.24, 2.45) is 11.3 Å². The van der Waals surface area contributed by atoms with Gasteiger partial charge in [-0.05, 0) is 33.5 Å². The molecule has 1 heterocycles. The van der Waals surface area contributed by atoms with Crippen LogP contribution in [0.2, 0.25) is 0 Å². The number of halogens is 1. The highest BCUT2D eigenvalue weighted by molar-refractivity contribution is 9.11. The summed E-state index contributed by atoms with van der Waals surface area (Å²) < 4.78 is 0.821. The Hall–Kier alpha value is -0.810. The summed E-state index contributed by atoms with van der Waals surface area (Å²) in [5.41, 5.74) is -0.318. The van der Waals surface area contributed by atoms with Gasteiger partial charge in [-0.3, -0.25) is 14.4 Å². The van der Waals surface area contributed by atoms with E-state index in [1.165, 1.54) is 11.3 Å². The first-order chi connectivity index (χ1) is 8.30. The average Bonchev–Trinajstić information content (AvgIpc) is 2.61. The minimum absolute atomic E-state index is 0.245. The molecule has 0 bridgehead atoms. The molecule has 0 radical (unpaired) electrons. The van der Waals surface area contributed by atoms with Crippen LogP contribution in [0.5, 0.6) is 0 Å². The van der Waals surface area contributed by atoms with Gasteiger partial charge in [-0.1, -0.05) is 13.8 Å². The van der Waals surface area contributed by atoms with Crippen LogP contribution in [-0.2, 0) is 9.59 Å². The maximum absolute atomic E-state index is 12.2. The third-order valence-electron chi connectivity index (χ3n) is 3.03. The van der Waals surface area contributed by atoms with E-state index in [1.54, 1.807) is 12.1 Å². The summed E-state index contributed by atoms with van der Waals surface area (Å²) in [5, 5.41) is 0. The molecule has 5 heteroatoms. The second kappa shape index (κ2) is 4.70. The maximum Gasteiger partial charge on any atom is 0.190 e. The summed E-state index contributed by atoms with van der Waals surface area (Å²) in [4.78, 5) is 36.6. The quantitative estimate of drug-likeness (QED) is 0.618. The van der Waals surface area contributed by atoms with Crippen LogP contribution in [0.1, 0.15) is 36.4 Å². The van der Waals surface area contributed by atoms with Crippen molar-refractivity contribution in [1.82, 2.24) is 0 Å². The molecule has 1 aliphatic carbocycles. The third kappa shape index (κ3) is 2.62. The highest BCUT2D eigenvalue weighted by Gasteiger charge is 2.43. The van der Waals surface area contributed by atoms with Gasteiger partial charge in [0.1, 0.15) is 5.92 Å². The van der Waals surface area contributed by atoms with Gasteiger partial charge in [-0.2, -0.15) is 0 Å². The molecule has 2 rings (SSSR count). The third-order valence-corrected chi connectivity index (χ3v) is 4.67. The number of hydrogen-bond donors (Lipinski definition) is 0. The van der Waals surface area contributed by atoms with Gasteiger partial charge in [-0.25, -0.2) is 0 Å². The van der Waals surface area contributed by atoms with Gasteiger partial charge in [0.05, 0.1) is 8.66 Å². The highest BCUT2D eigenvalue weighted by Crippen LogP contribution is 2.36. The van der Waals surface area contributed by atoms with E-state index >= 15 is 0 Å². The topological polar surface area (TPSA) is 51.2 Å². The Kier molecular flexibility index (Phi) is 3.56. The van der Waals surface area contributed by atoms with Gasteiger partial charge < -0.3 is 0 Å². The molecule has 0 aromatic carbocycles. The van der Waals surface area contributed by atoms with Crippen LogP contribution in [0.3, 0.4) is 0 Å². The van der Waals surface area contributed by atoms with E-state index in [-0.39, 0.29) is 22.8 Å². The van der Waals surface area contributed by atoms with Crippen LogP contribution in [0, 0.1) is 11.3 Å². The van der Waals surface area contributed by atoms with Crippen LogP contribution in [0.4, 0.5) is 0 Å². The smallest absolute Gasteiger partial charge is 0.190 e. The van der Waals surface area contributed by atoms with E-state index < -0.39 is 5.92 Å². The molecule has 0 N–H and O–H groups in total. The minimum Gasteiger partial charge on any atom is -0.298 e. The Morgan fingerprint density at radius 2 is 1.83 bits per heavy atom. The number of thiophene rings is 1. The Labute approximate surface area is 118 Å². The fraction of sp³-hybridized carbons (Fsp3) is 0.462. The molecule has 1 saturated carbocycles. The summed E-state index contributed by atoms with van der Waals surface area (Å²) >= 11 is 4.53.